The molecule has 1 unspecified atom stereocenters. The molecule has 0 saturated carbocycles. The van der Waals surface area contributed by atoms with Gasteiger partial charge in [-0.25, -0.2) is 0 Å². The van der Waals surface area contributed by atoms with Crippen LogP contribution in [0.2, 0.25) is 18.1 Å². The number of hydrogen-bond donors (Lipinski definition) is 0. The lowest BCUT2D eigenvalue weighted by atomic mass is 9.99. The van der Waals surface area contributed by atoms with Crippen LogP contribution >= 0.6 is 0 Å². The third-order valence-corrected chi connectivity index (χ3v) is 8.73. The number of esters is 1. The first-order chi connectivity index (χ1) is 10.1. The second-order valence-corrected chi connectivity index (χ2v) is 11.7. The Balaban J connectivity index is 2.90. The molecule has 5 heteroatoms. The number of nitriles is 1. The minimum Gasteiger partial charge on any atom is -0.468 e. The highest BCUT2D eigenvalue weighted by Gasteiger charge is 2.37. The van der Waals surface area contributed by atoms with E-state index in [-0.39, 0.29) is 5.04 Å². The zero-order valence-electron chi connectivity index (χ0n) is 14.3. The van der Waals surface area contributed by atoms with Crippen LogP contribution in [0.4, 0.5) is 0 Å². The van der Waals surface area contributed by atoms with Gasteiger partial charge in [0.2, 0.25) is 0 Å². The second kappa shape index (κ2) is 7.08. The lowest BCUT2D eigenvalue weighted by molar-refractivity contribution is -0.140. The van der Waals surface area contributed by atoms with Crippen LogP contribution in [0.3, 0.4) is 0 Å². The van der Waals surface area contributed by atoms with E-state index in [1.807, 2.05) is 24.3 Å². The second-order valence-electron chi connectivity index (χ2n) is 6.88. The summed E-state index contributed by atoms with van der Waals surface area (Å²) in [5, 5.41) is 9.31. The zero-order valence-corrected chi connectivity index (χ0v) is 15.3. The van der Waals surface area contributed by atoms with Crippen LogP contribution in [0.5, 0.6) is 0 Å². The lowest BCUT2D eigenvalue weighted by Gasteiger charge is -2.36. The van der Waals surface area contributed by atoms with Crippen LogP contribution in [0.1, 0.15) is 37.8 Å². The molecule has 0 saturated heterocycles. The quantitative estimate of drug-likeness (QED) is 0.608. The van der Waals surface area contributed by atoms with Gasteiger partial charge >= 0.3 is 5.97 Å². The number of benzene rings is 1. The molecule has 0 N–H and O–H groups in total. The summed E-state index contributed by atoms with van der Waals surface area (Å²) in [6, 6.07) is 9.38. The van der Waals surface area contributed by atoms with Crippen molar-refractivity contribution in [1.82, 2.24) is 0 Å². The first-order valence-corrected chi connectivity index (χ1v) is 10.2. The smallest absolute Gasteiger partial charge is 0.327 e. The molecular weight excluding hydrogens is 294 g/mol. The average Bonchev–Trinajstić information content (AvgIpc) is 2.45. The van der Waals surface area contributed by atoms with Crippen LogP contribution in [0.15, 0.2) is 24.3 Å². The van der Waals surface area contributed by atoms with Crippen LogP contribution in [0.25, 0.3) is 0 Å². The number of carbonyl (C=O) groups excluding carboxylic acids is 1. The molecule has 0 aliphatic carbocycles. The minimum atomic E-state index is -1.83. The molecule has 0 bridgehead atoms. The summed E-state index contributed by atoms with van der Waals surface area (Å²) in [6.07, 6.45) is 0. The highest BCUT2D eigenvalue weighted by molar-refractivity contribution is 6.74. The molecule has 0 aliphatic rings. The standard InChI is InChI=1S/C17H25NO3Si/c1-17(2,3)22(5,6)21-12-13-8-7-9-14(10-13)15(11-18)16(19)20-4/h7-10,15H,12H2,1-6H3. The van der Waals surface area contributed by atoms with E-state index in [1.165, 1.54) is 7.11 Å². The van der Waals surface area contributed by atoms with Gasteiger partial charge in [-0.1, -0.05) is 45.0 Å². The van der Waals surface area contributed by atoms with Crippen molar-refractivity contribution in [3.05, 3.63) is 35.4 Å². The molecule has 0 fully saturated rings. The molecule has 0 amide bonds. The fourth-order valence-electron chi connectivity index (χ4n) is 1.72. The van der Waals surface area contributed by atoms with E-state index in [4.69, 9.17) is 9.69 Å². The van der Waals surface area contributed by atoms with E-state index in [2.05, 4.69) is 38.6 Å². The van der Waals surface area contributed by atoms with Crippen LogP contribution in [-0.2, 0) is 20.6 Å². The van der Waals surface area contributed by atoms with Crippen molar-refractivity contribution in [2.45, 2.75) is 51.4 Å². The average molecular weight is 319 g/mol. The molecule has 0 heterocycles. The summed E-state index contributed by atoms with van der Waals surface area (Å²) in [5.74, 6) is -1.43. The summed E-state index contributed by atoms with van der Waals surface area (Å²) in [5.41, 5.74) is 1.61. The Morgan fingerprint density at radius 1 is 1.36 bits per heavy atom. The molecular formula is C17H25NO3Si. The Morgan fingerprint density at radius 3 is 2.50 bits per heavy atom. The summed E-state index contributed by atoms with van der Waals surface area (Å²) in [6.45, 7) is 11.5. The van der Waals surface area contributed by atoms with E-state index in [9.17, 15) is 4.79 Å². The summed E-state index contributed by atoms with van der Waals surface area (Å²) in [4.78, 5) is 11.6. The first kappa shape index (κ1) is 18.4. The van der Waals surface area contributed by atoms with E-state index in [1.54, 1.807) is 6.07 Å². The summed E-state index contributed by atoms with van der Waals surface area (Å²) >= 11 is 0. The van der Waals surface area contributed by atoms with Gasteiger partial charge < -0.3 is 9.16 Å². The summed E-state index contributed by atoms with van der Waals surface area (Å²) < 4.78 is 10.8. The largest absolute Gasteiger partial charge is 0.468 e. The molecule has 1 rings (SSSR count). The van der Waals surface area contributed by atoms with Crippen molar-refractivity contribution < 1.29 is 14.0 Å². The van der Waals surface area contributed by atoms with Crippen LogP contribution in [0, 0.1) is 11.3 Å². The van der Waals surface area contributed by atoms with Gasteiger partial charge in [-0.05, 0) is 29.3 Å². The highest BCUT2D eigenvalue weighted by Crippen LogP contribution is 2.37. The predicted molar refractivity (Wildman–Crippen MR) is 88.8 cm³/mol. The molecule has 120 valence electrons. The van der Waals surface area contributed by atoms with Gasteiger partial charge in [0.15, 0.2) is 14.2 Å². The number of carbonyl (C=O) groups is 1. The third kappa shape index (κ3) is 4.42. The molecule has 0 spiro atoms. The van der Waals surface area contributed by atoms with Crippen molar-refractivity contribution in [2.75, 3.05) is 7.11 Å². The molecule has 22 heavy (non-hydrogen) atoms. The van der Waals surface area contributed by atoms with Crippen molar-refractivity contribution in [1.29, 1.82) is 5.26 Å². The van der Waals surface area contributed by atoms with Gasteiger partial charge in [0.05, 0.1) is 19.8 Å². The van der Waals surface area contributed by atoms with Crippen LogP contribution < -0.4 is 0 Å². The molecule has 1 aromatic rings. The lowest BCUT2D eigenvalue weighted by Crippen LogP contribution is -2.40. The molecule has 0 aromatic heterocycles. The predicted octanol–water partition coefficient (Wildman–Crippen LogP) is 3.99. The SMILES string of the molecule is COC(=O)C(C#N)c1cccc(CO[Si](C)(C)C(C)(C)C)c1. The third-order valence-electron chi connectivity index (χ3n) is 4.26. The molecule has 1 aromatic carbocycles. The van der Waals surface area contributed by atoms with Crippen molar-refractivity contribution in [3.8, 4) is 6.07 Å². The number of hydrogen-bond acceptors (Lipinski definition) is 4. The maximum absolute atomic E-state index is 11.6. The van der Waals surface area contributed by atoms with Gasteiger partial charge in [-0.2, -0.15) is 5.26 Å². The number of methoxy groups -OCH3 is 1. The van der Waals surface area contributed by atoms with Gasteiger partial charge in [-0.15, -0.1) is 0 Å². The topological polar surface area (TPSA) is 59.3 Å². The van der Waals surface area contributed by atoms with E-state index in [0.717, 1.165) is 5.56 Å². The molecule has 0 radical (unpaired) electrons. The summed E-state index contributed by atoms with van der Waals surface area (Å²) in [7, 11) is -0.537. The van der Waals surface area contributed by atoms with Gasteiger partial charge in [0.25, 0.3) is 0 Å². The van der Waals surface area contributed by atoms with Gasteiger partial charge in [-0.3, -0.25) is 4.79 Å². The van der Waals surface area contributed by atoms with Crippen molar-refractivity contribution in [2.24, 2.45) is 0 Å². The molecule has 1 atom stereocenters. The normalized spacial score (nSPS) is 13.3. The Hall–Kier alpha value is -1.64. The van der Waals surface area contributed by atoms with E-state index >= 15 is 0 Å². The van der Waals surface area contributed by atoms with E-state index in [0.29, 0.717) is 12.2 Å². The fourth-order valence-corrected chi connectivity index (χ4v) is 2.68. The van der Waals surface area contributed by atoms with Crippen molar-refractivity contribution in [3.63, 3.8) is 0 Å². The van der Waals surface area contributed by atoms with Crippen molar-refractivity contribution >= 4 is 14.3 Å². The maximum Gasteiger partial charge on any atom is 0.327 e. The Morgan fingerprint density at radius 2 is 2.00 bits per heavy atom. The van der Waals surface area contributed by atoms with Gasteiger partial charge in [0.1, 0.15) is 0 Å². The Kier molecular flexibility index (Phi) is 5.92. The van der Waals surface area contributed by atoms with Gasteiger partial charge in [0, 0.05) is 0 Å². The number of ether oxygens (including phenoxy) is 1. The first-order valence-electron chi connectivity index (χ1n) is 7.32. The number of rotatable bonds is 5. The fraction of sp³-hybridized carbons (Fsp3) is 0.529. The van der Waals surface area contributed by atoms with Crippen LogP contribution in [-0.4, -0.2) is 21.4 Å². The maximum atomic E-state index is 11.6. The minimum absolute atomic E-state index is 0.145. The Labute approximate surface area is 134 Å². The van der Waals surface area contributed by atoms with E-state index < -0.39 is 20.2 Å². The zero-order chi connectivity index (χ0) is 17.0. The molecule has 4 nitrogen and oxygen atoms in total. The molecule has 0 aliphatic heterocycles. The highest BCUT2D eigenvalue weighted by atomic mass is 28.4. The Bertz CT molecular complexity index is 570. The number of nitrogens with zero attached hydrogens (tertiary/aromatic N) is 1. The monoisotopic (exact) mass is 319 g/mol.